The quantitative estimate of drug-likeness (QED) is 0.769. The van der Waals surface area contributed by atoms with Crippen LogP contribution in [0.1, 0.15) is 17.2 Å². The molecule has 0 atom stereocenters. The molecule has 0 spiro atoms. The Balaban J connectivity index is 2.23. The molecule has 1 aromatic heterocycles. The molecule has 78 valence electrons. The number of aryl methyl sites for hydroxylation is 1. The van der Waals surface area contributed by atoms with Crippen molar-refractivity contribution >= 4 is 0 Å². The Bertz CT molecular complexity index is 448. The monoisotopic (exact) mass is 203 g/mol. The average molecular weight is 203 g/mol. The van der Waals surface area contributed by atoms with Gasteiger partial charge in [0.25, 0.3) is 0 Å². The van der Waals surface area contributed by atoms with Crippen molar-refractivity contribution in [2.24, 2.45) is 0 Å². The van der Waals surface area contributed by atoms with E-state index in [0.717, 1.165) is 23.0 Å². The van der Waals surface area contributed by atoms with Gasteiger partial charge in [-0.05, 0) is 13.0 Å². The van der Waals surface area contributed by atoms with Gasteiger partial charge < -0.3 is 9.15 Å². The van der Waals surface area contributed by atoms with Gasteiger partial charge in [0, 0.05) is 5.56 Å². The van der Waals surface area contributed by atoms with E-state index in [2.05, 4.69) is 4.98 Å². The lowest BCUT2D eigenvalue weighted by atomic mass is 10.1. The summed E-state index contributed by atoms with van der Waals surface area (Å²) in [7, 11) is 1.67. The molecule has 2 rings (SSSR count). The maximum absolute atomic E-state index is 5.42. The molecule has 0 N–H and O–H groups in total. The van der Waals surface area contributed by atoms with Gasteiger partial charge in [-0.15, -0.1) is 0 Å². The molecular formula is C12H13NO2. The standard InChI is InChI=1S/C12H13NO2/c1-9-8-13-12(15-9)7-10-5-3-4-6-11(10)14-2/h3-6,8H,7H2,1-2H3. The van der Waals surface area contributed by atoms with Crippen LogP contribution in [0.2, 0.25) is 0 Å². The van der Waals surface area contributed by atoms with E-state index in [1.54, 1.807) is 13.3 Å². The molecule has 15 heavy (non-hydrogen) atoms. The van der Waals surface area contributed by atoms with Gasteiger partial charge in [0.1, 0.15) is 11.5 Å². The molecule has 0 bridgehead atoms. The van der Waals surface area contributed by atoms with Crippen molar-refractivity contribution in [2.75, 3.05) is 7.11 Å². The van der Waals surface area contributed by atoms with Crippen LogP contribution >= 0.6 is 0 Å². The zero-order valence-electron chi connectivity index (χ0n) is 8.86. The summed E-state index contributed by atoms with van der Waals surface area (Å²) in [6.45, 7) is 1.89. The molecule has 0 aliphatic rings. The summed E-state index contributed by atoms with van der Waals surface area (Å²) < 4.78 is 10.7. The topological polar surface area (TPSA) is 35.3 Å². The second-order valence-corrected chi connectivity index (χ2v) is 3.35. The van der Waals surface area contributed by atoms with Crippen LogP contribution in [0.15, 0.2) is 34.9 Å². The molecule has 0 unspecified atom stereocenters. The van der Waals surface area contributed by atoms with Gasteiger partial charge in [-0.3, -0.25) is 0 Å². The minimum absolute atomic E-state index is 0.665. The van der Waals surface area contributed by atoms with Gasteiger partial charge in [0.15, 0.2) is 5.89 Å². The molecule has 1 aromatic carbocycles. The Morgan fingerprint density at radius 2 is 2.13 bits per heavy atom. The summed E-state index contributed by atoms with van der Waals surface area (Å²) in [5, 5.41) is 0. The predicted molar refractivity (Wildman–Crippen MR) is 57.0 cm³/mol. The molecule has 1 heterocycles. The number of hydrogen-bond donors (Lipinski definition) is 0. The van der Waals surface area contributed by atoms with Gasteiger partial charge in [0.2, 0.25) is 0 Å². The number of para-hydroxylation sites is 1. The molecule has 0 fully saturated rings. The fraction of sp³-hybridized carbons (Fsp3) is 0.250. The van der Waals surface area contributed by atoms with Crippen molar-refractivity contribution in [1.29, 1.82) is 0 Å². The van der Waals surface area contributed by atoms with Gasteiger partial charge in [-0.2, -0.15) is 0 Å². The lowest BCUT2D eigenvalue weighted by molar-refractivity contribution is 0.407. The first-order valence-electron chi connectivity index (χ1n) is 4.83. The van der Waals surface area contributed by atoms with Crippen molar-refractivity contribution in [3.63, 3.8) is 0 Å². The number of aromatic nitrogens is 1. The molecule has 0 amide bonds. The third-order valence-corrected chi connectivity index (χ3v) is 2.20. The maximum atomic E-state index is 5.42. The fourth-order valence-electron chi connectivity index (χ4n) is 1.50. The molecule has 0 radical (unpaired) electrons. The summed E-state index contributed by atoms with van der Waals surface area (Å²) in [4.78, 5) is 4.16. The molecule has 0 saturated carbocycles. The first-order chi connectivity index (χ1) is 7.29. The zero-order chi connectivity index (χ0) is 10.7. The first kappa shape index (κ1) is 9.77. The summed E-state index contributed by atoms with van der Waals surface area (Å²) in [6, 6.07) is 7.88. The Kier molecular flexibility index (Phi) is 2.72. The van der Waals surface area contributed by atoms with E-state index < -0.39 is 0 Å². The van der Waals surface area contributed by atoms with Crippen LogP contribution in [-0.2, 0) is 6.42 Å². The second kappa shape index (κ2) is 4.17. The molecule has 3 heteroatoms. The van der Waals surface area contributed by atoms with Crippen LogP contribution in [0, 0.1) is 6.92 Å². The van der Waals surface area contributed by atoms with Crippen LogP contribution in [-0.4, -0.2) is 12.1 Å². The van der Waals surface area contributed by atoms with Crippen molar-refractivity contribution < 1.29 is 9.15 Å². The third-order valence-electron chi connectivity index (χ3n) is 2.20. The molecule has 2 aromatic rings. The highest BCUT2D eigenvalue weighted by molar-refractivity contribution is 5.34. The molecule has 0 saturated heterocycles. The summed E-state index contributed by atoms with van der Waals surface area (Å²) in [5.41, 5.74) is 1.09. The Labute approximate surface area is 88.7 Å². The maximum Gasteiger partial charge on any atom is 0.198 e. The first-order valence-corrected chi connectivity index (χ1v) is 4.83. The van der Waals surface area contributed by atoms with Gasteiger partial charge in [-0.1, -0.05) is 18.2 Å². The lowest BCUT2D eigenvalue weighted by Gasteiger charge is -2.05. The Hall–Kier alpha value is -1.77. The lowest BCUT2D eigenvalue weighted by Crippen LogP contribution is -1.93. The number of benzene rings is 1. The van der Waals surface area contributed by atoms with Crippen molar-refractivity contribution in [1.82, 2.24) is 4.98 Å². The van der Waals surface area contributed by atoms with Crippen molar-refractivity contribution in [3.8, 4) is 5.75 Å². The predicted octanol–water partition coefficient (Wildman–Crippen LogP) is 2.58. The van der Waals surface area contributed by atoms with E-state index >= 15 is 0 Å². The highest BCUT2D eigenvalue weighted by atomic mass is 16.5. The Morgan fingerprint density at radius 1 is 1.33 bits per heavy atom. The second-order valence-electron chi connectivity index (χ2n) is 3.35. The number of oxazole rings is 1. The third kappa shape index (κ3) is 2.18. The normalized spacial score (nSPS) is 10.3. The van der Waals surface area contributed by atoms with E-state index in [9.17, 15) is 0 Å². The van der Waals surface area contributed by atoms with Crippen LogP contribution in [0.5, 0.6) is 5.75 Å². The summed E-state index contributed by atoms with van der Waals surface area (Å²) in [5.74, 6) is 2.42. The van der Waals surface area contributed by atoms with Crippen molar-refractivity contribution in [2.45, 2.75) is 13.3 Å². The number of hydrogen-bond acceptors (Lipinski definition) is 3. The van der Waals surface area contributed by atoms with E-state index in [4.69, 9.17) is 9.15 Å². The molecule has 0 aliphatic heterocycles. The fourth-order valence-corrected chi connectivity index (χ4v) is 1.50. The number of methoxy groups -OCH3 is 1. The van der Waals surface area contributed by atoms with Crippen molar-refractivity contribution in [3.05, 3.63) is 47.7 Å². The smallest absolute Gasteiger partial charge is 0.198 e. The zero-order valence-corrected chi connectivity index (χ0v) is 8.86. The molecule has 3 nitrogen and oxygen atoms in total. The van der Waals surface area contributed by atoms with Crippen LogP contribution < -0.4 is 4.74 Å². The largest absolute Gasteiger partial charge is 0.496 e. The highest BCUT2D eigenvalue weighted by Gasteiger charge is 2.06. The number of rotatable bonds is 3. The van der Waals surface area contributed by atoms with E-state index in [1.165, 1.54) is 0 Å². The van der Waals surface area contributed by atoms with Gasteiger partial charge >= 0.3 is 0 Å². The van der Waals surface area contributed by atoms with Crippen LogP contribution in [0.3, 0.4) is 0 Å². The number of ether oxygens (including phenoxy) is 1. The summed E-state index contributed by atoms with van der Waals surface area (Å²) in [6.07, 6.45) is 2.39. The average Bonchev–Trinajstić information content (AvgIpc) is 2.65. The van der Waals surface area contributed by atoms with E-state index in [1.807, 2.05) is 31.2 Å². The van der Waals surface area contributed by atoms with Crippen LogP contribution in [0.4, 0.5) is 0 Å². The molecule has 0 aliphatic carbocycles. The van der Waals surface area contributed by atoms with E-state index in [0.29, 0.717) is 6.42 Å². The Morgan fingerprint density at radius 3 is 2.80 bits per heavy atom. The number of nitrogens with zero attached hydrogens (tertiary/aromatic N) is 1. The highest BCUT2D eigenvalue weighted by Crippen LogP contribution is 2.20. The minimum Gasteiger partial charge on any atom is -0.496 e. The SMILES string of the molecule is COc1ccccc1Cc1ncc(C)o1. The van der Waals surface area contributed by atoms with E-state index in [-0.39, 0.29) is 0 Å². The molecular weight excluding hydrogens is 190 g/mol. The van der Waals surface area contributed by atoms with Crippen LogP contribution in [0.25, 0.3) is 0 Å². The summed E-state index contributed by atoms with van der Waals surface area (Å²) >= 11 is 0. The van der Waals surface area contributed by atoms with Gasteiger partial charge in [-0.25, -0.2) is 4.98 Å². The van der Waals surface area contributed by atoms with Gasteiger partial charge in [0.05, 0.1) is 19.7 Å². The minimum atomic E-state index is 0.665.